The summed E-state index contributed by atoms with van der Waals surface area (Å²) < 4.78 is 10.4. The average molecular weight is 428 g/mol. The van der Waals surface area contributed by atoms with Gasteiger partial charge in [0.2, 0.25) is 5.91 Å². The first-order chi connectivity index (χ1) is 14.9. The maximum absolute atomic E-state index is 12.8. The van der Waals surface area contributed by atoms with E-state index in [2.05, 4.69) is 5.32 Å². The lowest BCUT2D eigenvalue weighted by Gasteiger charge is -2.21. The van der Waals surface area contributed by atoms with Gasteiger partial charge in [-0.2, -0.15) is 0 Å². The summed E-state index contributed by atoms with van der Waals surface area (Å²) in [5.74, 6) is -1.19. The molecule has 0 aliphatic heterocycles. The number of carboxylic acid groups (broad SMARTS) is 1. The number of aliphatic carboxylic acids is 1. The van der Waals surface area contributed by atoms with Crippen LogP contribution in [0.4, 0.5) is 5.69 Å². The van der Waals surface area contributed by atoms with E-state index < -0.39 is 17.9 Å². The van der Waals surface area contributed by atoms with Crippen molar-refractivity contribution in [1.29, 1.82) is 0 Å². The van der Waals surface area contributed by atoms with Crippen LogP contribution in [-0.2, 0) is 16.0 Å². The molecule has 1 atom stereocenters. The summed E-state index contributed by atoms with van der Waals surface area (Å²) in [6.07, 6.45) is 0.474. The number of benzene rings is 2. The molecular formula is C23H28N2O6. The van der Waals surface area contributed by atoms with Crippen LogP contribution in [0.15, 0.2) is 42.5 Å². The van der Waals surface area contributed by atoms with Crippen LogP contribution in [0.3, 0.4) is 0 Å². The molecule has 0 spiro atoms. The predicted molar refractivity (Wildman–Crippen MR) is 117 cm³/mol. The van der Waals surface area contributed by atoms with Crippen molar-refractivity contribution in [3.05, 3.63) is 53.6 Å². The van der Waals surface area contributed by atoms with Gasteiger partial charge in [-0.25, -0.2) is 4.79 Å². The second-order valence-corrected chi connectivity index (χ2v) is 6.76. The molecule has 166 valence electrons. The Hall–Kier alpha value is -3.55. The van der Waals surface area contributed by atoms with E-state index in [0.29, 0.717) is 18.5 Å². The molecule has 2 aromatic carbocycles. The molecule has 0 aliphatic carbocycles. The van der Waals surface area contributed by atoms with Crippen LogP contribution in [0, 0.1) is 0 Å². The number of methoxy groups -OCH3 is 2. The SMILES string of the molecule is CCC(=O)N(CC)c1ccc(C[C@H](NC(=O)c2c(OC)cccc2OC)C(=O)O)cc1. The first-order valence-electron chi connectivity index (χ1n) is 10.00. The number of carbonyl (C=O) groups is 3. The van der Waals surface area contributed by atoms with Crippen LogP contribution in [0.5, 0.6) is 11.5 Å². The summed E-state index contributed by atoms with van der Waals surface area (Å²) in [6.45, 7) is 4.24. The zero-order chi connectivity index (χ0) is 23.0. The number of hydrogen-bond donors (Lipinski definition) is 2. The van der Waals surface area contributed by atoms with E-state index in [-0.39, 0.29) is 29.4 Å². The topological polar surface area (TPSA) is 105 Å². The molecule has 0 fully saturated rings. The smallest absolute Gasteiger partial charge is 0.326 e. The van der Waals surface area contributed by atoms with Gasteiger partial charge >= 0.3 is 5.97 Å². The number of hydrogen-bond acceptors (Lipinski definition) is 5. The lowest BCUT2D eigenvalue weighted by molar-refractivity contribution is -0.139. The van der Waals surface area contributed by atoms with E-state index in [1.54, 1.807) is 54.3 Å². The van der Waals surface area contributed by atoms with Crippen molar-refractivity contribution in [3.63, 3.8) is 0 Å². The monoisotopic (exact) mass is 428 g/mol. The molecule has 0 bridgehead atoms. The number of amides is 2. The van der Waals surface area contributed by atoms with Gasteiger partial charge in [0.25, 0.3) is 5.91 Å². The third-order valence-corrected chi connectivity index (χ3v) is 4.87. The molecule has 0 aliphatic rings. The van der Waals surface area contributed by atoms with Crippen molar-refractivity contribution in [2.24, 2.45) is 0 Å². The van der Waals surface area contributed by atoms with Crippen molar-refractivity contribution in [2.45, 2.75) is 32.7 Å². The van der Waals surface area contributed by atoms with Crippen LogP contribution in [0.25, 0.3) is 0 Å². The summed E-state index contributed by atoms with van der Waals surface area (Å²) in [7, 11) is 2.84. The number of carbonyl (C=O) groups excluding carboxylic acids is 2. The summed E-state index contributed by atoms with van der Waals surface area (Å²) in [6, 6.07) is 10.8. The van der Waals surface area contributed by atoms with Gasteiger partial charge in [-0.15, -0.1) is 0 Å². The maximum atomic E-state index is 12.8. The van der Waals surface area contributed by atoms with Gasteiger partial charge in [-0.05, 0) is 36.8 Å². The van der Waals surface area contributed by atoms with E-state index >= 15 is 0 Å². The molecule has 2 aromatic rings. The van der Waals surface area contributed by atoms with Crippen molar-refractivity contribution >= 4 is 23.5 Å². The quantitative estimate of drug-likeness (QED) is 0.603. The predicted octanol–water partition coefficient (Wildman–Crippen LogP) is 2.89. The number of anilines is 1. The fraction of sp³-hybridized carbons (Fsp3) is 0.348. The van der Waals surface area contributed by atoms with Crippen LogP contribution in [-0.4, -0.2) is 49.7 Å². The fourth-order valence-electron chi connectivity index (χ4n) is 3.25. The lowest BCUT2D eigenvalue weighted by atomic mass is 10.0. The van der Waals surface area contributed by atoms with E-state index in [1.165, 1.54) is 14.2 Å². The summed E-state index contributed by atoms with van der Waals surface area (Å²) >= 11 is 0. The van der Waals surface area contributed by atoms with Gasteiger partial charge in [-0.1, -0.05) is 25.1 Å². The molecule has 2 rings (SSSR count). The summed E-state index contributed by atoms with van der Waals surface area (Å²) in [4.78, 5) is 38.3. The van der Waals surface area contributed by atoms with Gasteiger partial charge in [0, 0.05) is 25.1 Å². The van der Waals surface area contributed by atoms with Crippen molar-refractivity contribution in [1.82, 2.24) is 5.32 Å². The molecular weight excluding hydrogens is 400 g/mol. The number of carboxylic acids is 1. The highest BCUT2D eigenvalue weighted by Crippen LogP contribution is 2.28. The minimum Gasteiger partial charge on any atom is -0.496 e. The first-order valence-corrected chi connectivity index (χ1v) is 10.00. The van der Waals surface area contributed by atoms with Gasteiger partial charge in [0.15, 0.2) is 0 Å². The molecule has 0 radical (unpaired) electrons. The van der Waals surface area contributed by atoms with Crippen molar-refractivity contribution in [3.8, 4) is 11.5 Å². The Morgan fingerprint density at radius 1 is 1.00 bits per heavy atom. The number of rotatable bonds is 10. The molecule has 0 saturated carbocycles. The van der Waals surface area contributed by atoms with Gasteiger partial charge in [0.1, 0.15) is 23.1 Å². The molecule has 2 amide bonds. The van der Waals surface area contributed by atoms with E-state index in [0.717, 1.165) is 5.69 Å². The Bertz CT molecular complexity index is 904. The minimum absolute atomic E-state index is 0.0108. The van der Waals surface area contributed by atoms with Crippen LogP contribution >= 0.6 is 0 Å². The average Bonchev–Trinajstić information content (AvgIpc) is 2.79. The van der Waals surface area contributed by atoms with Gasteiger partial charge in [0.05, 0.1) is 14.2 Å². The zero-order valence-electron chi connectivity index (χ0n) is 18.2. The molecule has 0 aromatic heterocycles. The standard InChI is InChI=1S/C23H28N2O6/c1-5-20(26)25(6-2)16-12-10-15(11-13-16)14-17(23(28)29)24-22(27)21-18(30-3)8-7-9-19(21)31-4/h7-13,17H,5-6,14H2,1-4H3,(H,24,27)(H,28,29)/t17-/m0/s1. The summed E-state index contributed by atoms with van der Waals surface area (Å²) in [5.41, 5.74) is 1.59. The fourth-order valence-corrected chi connectivity index (χ4v) is 3.25. The Balaban J connectivity index is 2.20. The third-order valence-electron chi connectivity index (χ3n) is 4.87. The zero-order valence-corrected chi connectivity index (χ0v) is 18.2. The summed E-state index contributed by atoms with van der Waals surface area (Å²) in [5, 5.41) is 12.2. The van der Waals surface area contributed by atoms with E-state index in [1.807, 2.05) is 6.92 Å². The number of ether oxygens (including phenoxy) is 2. The second kappa shape index (κ2) is 11.0. The number of nitrogens with zero attached hydrogens (tertiary/aromatic N) is 1. The van der Waals surface area contributed by atoms with Crippen LogP contribution in [0.2, 0.25) is 0 Å². The molecule has 8 nitrogen and oxygen atoms in total. The maximum Gasteiger partial charge on any atom is 0.326 e. The number of nitrogens with one attached hydrogen (secondary N) is 1. The van der Waals surface area contributed by atoms with Crippen molar-refractivity contribution < 1.29 is 29.0 Å². The highest BCUT2D eigenvalue weighted by atomic mass is 16.5. The second-order valence-electron chi connectivity index (χ2n) is 6.76. The van der Waals surface area contributed by atoms with Gasteiger partial charge < -0.3 is 24.8 Å². The molecule has 0 unspecified atom stereocenters. The lowest BCUT2D eigenvalue weighted by Crippen LogP contribution is -2.42. The largest absolute Gasteiger partial charge is 0.496 e. The Morgan fingerprint density at radius 2 is 1.58 bits per heavy atom. The normalized spacial score (nSPS) is 11.4. The Morgan fingerprint density at radius 3 is 2.03 bits per heavy atom. The van der Waals surface area contributed by atoms with E-state index in [9.17, 15) is 19.5 Å². The Kier molecular flexibility index (Phi) is 8.43. The molecule has 31 heavy (non-hydrogen) atoms. The molecule has 0 saturated heterocycles. The Labute approximate surface area is 181 Å². The first kappa shape index (κ1) is 23.7. The minimum atomic E-state index is -1.16. The third kappa shape index (κ3) is 5.75. The molecule has 2 N–H and O–H groups in total. The highest BCUT2D eigenvalue weighted by molar-refractivity contribution is 6.01. The van der Waals surface area contributed by atoms with Crippen molar-refractivity contribution in [2.75, 3.05) is 25.7 Å². The van der Waals surface area contributed by atoms with Gasteiger partial charge in [-0.3, -0.25) is 9.59 Å². The molecule has 8 heteroatoms. The molecule has 0 heterocycles. The van der Waals surface area contributed by atoms with E-state index in [4.69, 9.17) is 9.47 Å². The highest BCUT2D eigenvalue weighted by Gasteiger charge is 2.25. The van der Waals surface area contributed by atoms with Crippen LogP contribution in [0.1, 0.15) is 36.2 Å². The van der Waals surface area contributed by atoms with Crippen LogP contribution < -0.4 is 19.7 Å².